The van der Waals surface area contributed by atoms with E-state index >= 15 is 0 Å². The number of hydrogen-bond donors (Lipinski definition) is 4. The van der Waals surface area contributed by atoms with Gasteiger partial charge in [-0.15, -0.1) is 10.2 Å². The minimum Gasteiger partial charge on any atom is -0.382 e. The number of anilines is 1. The third-order valence-corrected chi connectivity index (χ3v) is 2.16. The van der Waals surface area contributed by atoms with Gasteiger partial charge in [-0.3, -0.25) is 10.8 Å². The van der Waals surface area contributed by atoms with E-state index < -0.39 is 5.84 Å². The summed E-state index contributed by atoms with van der Waals surface area (Å²) in [5, 5.41) is 33.2. The Morgan fingerprint density at radius 3 is 2.89 bits per heavy atom. The van der Waals surface area contributed by atoms with E-state index in [1.807, 2.05) is 0 Å². The molecule has 19 heavy (non-hydrogen) atoms. The quantitative estimate of drug-likeness (QED) is 0.345. The molecule has 94 valence electrons. The van der Waals surface area contributed by atoms with Crippen LogP contribution in [0.4, 0.5) is 5.69 Å². The van der Waals surface area contributed by atoms with E-state index in [9.17, 15) is 0 Å². The molecule has 9 heteroatoms. The number of nitrogens with zero attached hydrogens (tertiary/aromatic N) is 5. The fourth-order valence-corrected chi connectivity index (χ4v) is 1.31. The summed E-state index contributed by atoms with van der Waals surface area (Å²) in [6.07, 6.45) is 0. The molecular weight excluding hydrogens is 246 g/mol. The second kappa shape index (κ2) is 5.37. The lowest BCUT2D eigenvalue weighted by atomic mass is 10.2. The smallest absolute Gasteiger partial charge is 0.206 e. The summed E-state index contributed by atoms with van der Waals surface area (Å²) in [6, 6.07) is 8.79. The molecule has 0 saturated carbocycles. The zero-order chi connectivity index (χ0) is 13.7. The number of H-pyrrole nitrogens is 1. The normalized spacial score (nSPS) is 10.8. The average molecular weight is 255 g/mol. The fraction of sp³-hybridized carbons (Fsp3) is 0. The van der Waals surface area contributed by atoms with Crippen molar-refractivity contribution in [3.63, 3.8) is 0 Å². The van der Waals surface area contributed by atoms with E-state index in [4.69, 9.17) is 16.4 Å². The third-order valence-electron chi connectivity index (χ3n) is 2.16. The van der Waals surface area contributed by atoms with Crippen LogP contribution in [0.5, 0.6) is 0 Å². The van der Waals surface area contributed by atoms with E-state index in [0.29, 0.717) is 17.1 Å². The highest BCUT2D eigenvalue weighted by atomic mass is 15.5. The Morgan fingerprint density at radius 2 is 2.26 bits per heavy atom. The summed E-state index contributed by atoms with van der Waals surface area (Å²) in [5.41, 5.74) is 8.87. The molecule has 0 radical (unpaired) electrons. The number of nitrogens with two attached hydrogens (primary N) is 1. The number of para-hydroxylation sites is 1. The summed E-state index contributed by atoms with van der Waals surface area (Å²) < 4.78 is 0. The Kier molecular flexibility index (Phi) is 3.44. The lowest BCUT2D eigenvalue weighted by Crippen LogP contribution is -2.21. The van der Waals surface area contributed by atoms with Gasteiger partial charge in [0.05, 0.1) is 5.69 Å². The van der Waals surface area contributed by atoms with Gasteiger partial charge in [-0.2, -0.15) is 15.6 Å². The summed E-state index contributed by atoms with van der Waals surface area (Å²) >= 11 is 0. The lowest BCUT2D eigenvalue weighted by molar-refractivity contribution is 0.881. The summed E-state index contributed by atoms with van der Waals surface area (Å²) in [6.45, 7) is 0. The molecule has 9 nitrogen and oxygen atoms in total. The van der Waals surface area contributed by atoms with E-state index in [0.717, 1.165) is 0 Å². The molecule has 0 atom stereocenters. The van der Waals surface area contributed by atoms with Crippen molar-refractivity contribution < 1.29 is 0 Å². The molecular formula is C10H9N9. The maximum Gasteiger partial charge on any atom is 0.206 e. The molecule has 0 bridgehead atoms. The van der Waals surface area contributed by atoms with Crippen molar-refractivity contribution in [1.29, 1.82) is 10.7 Å². The molecule has 1 aromatic heterocycles. The number of amidine groups is 1. The average Bonchev–Trinajstić information content (AvgIpc) is 2.93. The Hall–Kier alpha value is -3.28. The largest absolute Gasteiger partial charge is 0.382 e. The number of nitrogens with one attached hydrogen (secondary N) is 3. The molecule has 0 unspecified atom stereocenters. The fourth-order valence-electron chi connectivity index (χ4n) is 1.31. The highest BCUT2D eigenvalue weighted by molar-refractivity contribution is 6.45. The van der Waals surface area contributed by atoms with Crippen LogP contribution in [0.3, 0.4) is 0 Å². The van der Waals surface area contributed by atoms with Crippen LogP contribution < -0.4 is 11.2 Å². The van der Waals surface area contributed by atoms with Gasteiger partial charge >= 0.3 is 0 Å². The zero-order valence-corrected chi connectivity index (χ0v) is 9.62. The van der Waals surface area contributed by atoms with Crippen LogP contribution in [0.15, 0.2) is 29.4 Å². The van der Waals surface area contributed by atoms with Crippen LogP contribution in [0.1, 0.15) is 0 Å². The van der Waals surface area contributed by atoms with Gasteiger partial charge in [0.1, 0.15) is 6.07 Å². The van der Waals surface area contributed by atoms with Crippen LogP contribution in [-0.4, -0.2) is 32.2 Å². The van der Waals surface area contributed by atoms with Gasteiger partial charge in [0.15, 0.2) is 5.84 Å². The topological polar surface area (TPSA) is 153 Å². The first-order chi connectivity index (χ1) is 9.22. The predicted octanol–water partition coefficient (Wildman–Crippen LogP) is 0.0941. The molecule has 0 fully saturated rings. The number of hydrogen-bond acceptors (Lipinski definition) is 7. The number of aromatic nitrogens is 4. The van der Waals surface area contributed by atoms with E-state index in [-0.39, 0.29) is 5.71 Å². The maximum absolute atomic E-state index is 8.75. The molecule has 1 heterocycles. The summed E-state index contributed by atoms with van der Waals surface area (Å²) in [7, 11) is 0. The van der Waals surface area contributed by atoms with Gasteiger partial charge in [0.25, 0.3) is 0 Å². The second-order valence-electron chi connectivity index (χ2n) is 3.38. The van der Waals surface area contributed by atoms with Crippen LogP contribution in [-0.2, 0) is 0 Å². The monoisotopic (exact) mass is 255 g/mol. The Bertz CT molecular complexity index is 650. The van der Waals surface area contributed by atoms with Gasteiger partial charge < -0.3 is 5.73 Å². The van der Waals surface area contributed by atoms with Gasteiger partial charge in [0, 0.05) is 5.56 Å². The Balaban J connectivity index is 2.32. The highest BCUT2D eigenvalue weighted by Gasteiger charge is 2.08. The molecule has 0 spiro atoms. The third kappa shape index (κ3) is 2.70. The first kappa shape index (κ1) is 12.2. The molecule has 0 aliphatic rings. The summed E-state index contributed by atoms with van der Waals surface area (Å²) in [4.78, 5) is 0. The minimum absolute atomic E-state index is 0.206. The highest BCUT2D eigenvalue weighted by Crippen LogP contribution is 2.23. The van der Waals surface area contributed by atoms with Crippen molar-refractivity contribution in [2.45, 2.75) is 0 Å². The van der Waals surface area contributed by atoms with Crippen molar-refractivity contribution in [1.82, 2.24) is 20.6 Å². The first-order valence-electron chi connectivity index (χ1n) is 5.13. The Labute approximate surface area is 107 Å². The number of hydrazone groups is 1. The van der Waals surface area contributed by atoms with Gasteiger partial charge in [-0.25, -0.2) is 0 Å². The van der Waals surface area contributed by atoms with Gasteiger partial charge in [0.2, 0.25) is 11.5 Å². The molecule has 2 rings (SSSR count). The van der Waals surface area contributed by atoms with Crippen molar-refractivity contribution in [2.24, 2.45) is 10.8 Å². The first-order valence-corrected chi connectivity index (χ1v) is 5.13. The number of rotatable bonds is 4. The Morgan fingerprint density at radius 1 is 1.47 bits per heavy atom. The van der Waals surface area contributed by atoms with E-state index in [2.05, 4.69) is 31.2 Å². The van der Waals surface area contributed by atoms with E-state index in [1.165, 1.54) is 0 Å². The number of benzene rings is 1. The zero-order valence-electron chi connectivity index (χ0n) is 9.62. The number of tetrazole rings is 1. The SMILES string of the molecule is N#C/C(=N\Nc1ccccc1-c1nn[nH]n1)C(=N)N. The van der Waals surface area contributed by atoms with E-state index in [1.54, 1.807) is 30.3 Å². The molecule has 0 amide bonds. The minimum atomic E-state index is -0.410. The standard InChI is InChI=1S/C10H9N9/c11-5-8(9(12)13)15-14-7-4-2-1-3-6(7)10-16-18-19-17-10/h1-4,14H,(H3,12,13)(H,16,17,18,19)/b15-8+. The predicted molar refractivity (Wildman–Crippen MR) is 68.2 cm³/mol. The molecule has 0 saturated heterocycles. The number of nitriles is 1. The van der Waals surface area contributed by atoms with Crippen molar-refractivity contribution in [3.8, 4) is 17.5 Å². The van der Waals surface area contributed by atoms with Crippen LogP contribution in [0.25, 0.3) is 11.4 Å². The molecule has 1 aromatic carbocycles. The van der Waals surface area contributed by atoms with Crippen molar-refractivity contribution >= 4 is 17.2 Å². The number of aromatic amines is 1. The summed E-state index contributed by atoms with van der Waals surface area (Å²) in [5.74, 6) is -0.0216. The molecule has 0 aliphatic heterocycles. The van der Waals surface area contributed by atoms with Crippen LogP contribution >= 0.6 is 0 Å². The molecule has 2 aromatic rings. The van der Waals surface area contributed by atoms with Crippen LogP contribution in [0, 0.1) is 16.7 Å². The second-order valence-corrected chi connectivity index (χ2v) is 3.38. The van der Waals surface area contributed by atoms with Gasteiger partial charge in [-0.05, 0) is 17.3 Å². The molecule has 0 aliphatic carbocycles. The van der Waals surface area contributed by atoms with Crippen LogP contribution in [0.2, 0.25) is 0 Å². The van der Waals surface area contributed by atoms with Gasteiger partial charge in [-0.1, -0.05) is 12.1 Å². The lowest BCUT2D eigenvalue weighted by Gasteiger charge is -2.05. The van der Waals surface area contributed by atoms with Crippen molar-refractivity contribution in [3.05, 3.63) is 24.3 Å². The molecule has 5 N–H and O–H groups in total. The van der Waals surface area contributed by atoms with Crippen molar-refractivity contribution in [2.75, 3.05) is 5.43 Å². The maximum atomic E-state index is 8.75.